The molecule has 0 bridgehead atoms. The van der Waals surface area contributed by atoms with E-state index in [4.69, 9.17) is 18.9 Å². The highest BCUT2D eigenvalue weighted by atomic mass is 16.6. The van der Waals surface area contributed by atoms with Gasteiger partial charge in [0, 0.05) is 18.1 Å². The number of fused-ring (bicyclic) bond motifs is 1. The van der Waals surface area contributed by atoms with Crippen molar-refractivity contribution in [1.29, 1.82) is 0 Å². The van der Waals surface area contributed by atoms with Crippen LogP contribution >= 0.6 is 0 Å². The zero-order valence-corrected chi connectivity index (χ0v) is 18.6. The van der Waals surface area contributed by atoms with Gasteiger partial charge in [-0.3, -0.25) is 4.79 Å². The maximum Gasteiger partial charge on any atom is 0.337 e. The van der Waals surface area contributed by atoms with E-state index in [2.05, 4.69) is 13.2 Å². The highest BCUT2D eigenvalue weighted by Gasteiger charge is 2.53. The zero-order valence-electron chi connectivity index (χ0n) is 18.6. The summed E-state index contributed by atoms with van der Waals surface area (Å²) in [6.45, 7) is 11.9. The summed E-state index contributed by atoms with van der Waals surface area (Å²) < 4.78 is 21.3. The number of hydrogen-bond acceptors (Lipinski definition) is 9. The van der Waals surface area contributed by atoms with Crippen LogP contribution in [0.4, 0.5) is 0 Å². The molecule has 1 saturated heterocycles. The Hall–Kier alpha value is -3.20. The average molecular weight is 448 g/mol. The van der Waals surface area contributed by atoms with Crippen molar-refractivity contribution in [3.63, 3.8) is 0 Å². The van der Waals surface area contributed by atoms with Gasteiger partial charge in [0.25, 0.3) is 0 Å². The Bertz CT molecular complexity index is 895. The van der Waals surface area contributed by atoms with Gasteiger partial charge in [-0.1, -0.05) is 25.3 Å². The standard InChI is InChI=1S/C23H28O9/c1-7-11(2)21(26)32-20-16-13(4)22(27)31-19(16)17(25)12(3)9-8-10-15(23(28)29-6)18(20)30-14(5)24/h7,10,16-20,25H,3-4,8-9H2,1-2,5-6H3. The van der Waals surface area contributed by atoms with Gasteiger partial charge in [0.1, 0.15) is 12.2 Å². The summed E-state index contributed by atoms with van der Waals surface area (Å²) in [5, 5.41) is 10.8. The molecule has 5 unspecified atom stereocenters. The Kier molecular flexibility index (Phi) is 8.15. The minimum Gasteiger partial charge on any atom is -0.466 e. The summed E-state index contributed by atoms with van der Waals surface area (Å²) in [7, 11) is 1.16. The van der Waals surface area contributed by atoms with Crippen molar-refractivity contribution in [2.24, 2.45) is 5.92 Å². The van der Waals surface area contributed by atoms with Gasteiger partial charge in [0.15, 0.2) is 12.2 Å². The molecule has 174 valence electrons. The fourth-order valence-corrected chi connectivity index (χ4v) is 3.62. The molecule has 0 amide bonds. The quantitative estimate of drug-likeness (QED) is 0.296. The monoisotopic (exact) mass is 448 g/mol. The van der Waals surface area contributed by atoms with E-state index in [1.54, 1.807) is 6.92 Å². The molecule has 1 aliphatic carbocycles. The van der Waals surface area contributed by atoms with Crippen LogP contribution in [0.25, 0.3) is 0 Å². The second-order valence-electron chi connectivity index (χ2n) is 7.59. The van der Waals surface area contributed by atoms with Gasteiger partial charge in [-0.25, -0.2) is 14.4 Å². The smallest absolute Gasteiger partial charge is 0.337 e. The number of carbonyl (C=O) groups excluding carboxylic acids is 4. The van der Waals surface area contributed by atoms with Gasteiger partial charge in [0.2, 0.25) is 0 Å². The second kappa shape index (κ2) is 10.4. The molecule has 0 aromatic heterocycles. The highest BCUT2D eigenvalue weighted by molar-refractivity contribution is 5.93. The third-order valence-corrected chi connectivity index (χ3v) is 5.49. The number of hydrogen-bond donors (Lipinski definition) is 1. The van der Waals surface area contributed by atoms with Gasteiger partial charge in [-0.15, -0.1) is 0 Å². The number of allylic oxidation sites excluding steroid dienone is 2. The lowest BCUT2D eigenvalue weighted by Crippen LogP contribution is -2.49. The molecular weight excluding hydrogens is 420 g/mol. The molecule has 1 heterocycles. The minimum absolute atomic E-state index is 0.0753. The maximum absolute atomic E-state index is 12.7. The van der Waals surface area contributed by atoms with Crippen molar-refractivity contribution in [3.05, 3.63) is 47.6 Å². The van der Waals surface area contributed by atoms with E-state index in [1.165, 1.54) is 19.1 Å². The Labute approximate surface area is 186 Å². The summed E-state index contributed by atoms with van der Waals surface area (Å²) in [6.07, 6.45) is -1.88. The number of esters is 4. The third-order valence-electron chi connectivity index (χ3n) is 5.49. The average Bonchev–Trinajstić information content (AvgIpc) is 3.05. The van der Waals surface area contributed by atoms with Crippen molar-refractivity contribution in [2.45, 2.75) is 58.0 Å². The molecule has 32 heavy (non-hydrogen) atoms. The lowest BCUT2D eigenvalue weighted by Gasteiger charge is -2.35. The van der Waals surface area contributed by atoms with Crippen molar-refractivity contribution >= 4 is 23.9 Å². The minimum atomic E-state index is -1.44. The van der Waals surface area contributed by atoms with Crippen molar-refractivity contribution in [1.82, 2.24) is 0 Å². The maximum atomic E-state index is 12.7. The Morgan fingerprint density at radius 2 is 1.88 bits per heavy atom. The SMILES string of the molecule is C=C1CCC=C(C(=O)OC)C(OC(C)=O)C(OC(=O)C(C)=CC)C2C(=C)C(=O)OC2C1O. The molecule has 0 aromatic carbocycles. The van der Waals surface area contributed by atoms with Crippen LogP contribution in [0.5, 0.6) is 0 Å². The van der Waals surface area contributed by atoms with Crippen molar-refractivity contribution < 1.29 is 43.2 Å². The van der Waals surface area contributed by atoms with E-state index in [1.807, 2.05) is 0 Å². The molecule has 0 radical (unpaired) electrons. The van der Waals surface area contributed by atoms with Crippen LogP contribution in [-0.2, 0) is 38.1 Å². The highest BCUT2D eigenvalue weighted by Crippen LogP contribution is 2.39. The van der Waals surface area contributed by atoms with Gasteiger partial charge >= 0.3 is 23.9 Å². The summed E-state index contributed by atoms with van der Waals surface area (Å²) in [5.74, 6) is -4.27. The predicted octanol–water partition coefficient (Wildman–Crippen LogP) is 1.70. The number of ether oxygens (including phenoxy) is 4. The van der Waals surface area contributed by atoms with E-state index in [0.29, 0.717) is 5.57 Å². The number of aliphatic hydroxyl groups excluding tert-OH is 1. The first-order valence-corrected chi connectivity index (χ1v) is 10.1. The molecule has 5 atom stereocenters. The van der Waals surface area contributed by atoms with E-state index >= 15 is 0 Å². The normalized spacial score (nSPS) is 28.8. The zero-order chi connectivity index (χ0) is 24.2. The van der Waals surface area contributed by atoms with Crippen LogP contribution in [0, 0.1) is 5.92 Å². The largest absolute Gasteiger partial charge is 0.466 e. The van der Waals surface area contributed by atoms with Crippen LogP contribution in [0.15, 0.2) is 47.6 Å². The van der Waals surface area contributed by atoms with Crippen LogP contribution in [-0.4, -0.2) is 60.5 Å². The van der Waals surface area contributed by atoms with Crippen molar-refractivity contribution in [3.8, 4) is 0 Å². The molecule has 1 N–H and O–H groups in total. The summed E-state index contributed by atoms with van der Waals surface area (Å²) in [5.41, 5.74) is 0.418. The van der Waals surface area contributed by atoms with E-state index < -0.39 is 54.2 Å². The Morgan fingerprint density at radius 1 is 1.22 bits per heavy atom. The topological polar surface area (TPSA) is 125 Å². The van der Waals surface area contributed by atoms with Crippen LogP contribution in [0.3, 0.4) is 0 Å². The predicted molar refractivity (Wildman–Crippen MR) is 112 cm³/mol. The van der Waals surface area contributed by atoms with Crippen LogP contribution in [0.2, 0.25) is 0 Å². The Balaban J connectivity index is 2.74. The molecule has 1 aliphatic heterocycles. The molecule has 9 heteroatoms. The Morgan fingerprint density at radius 3 is 2.44 bits per heavy atom. The van der Waals surface area contributed by atoms with Gasteiger partial charge < -0.3 is 24.1 Å². The van der Waals surface area contributed by atoms with E-state index in [0.717, 1.165) is 14.0 Å². The number of rotatable bonds is 4. The number of aliphatic hydroxyl groups is 1. The van der Waals surface area contributed by atoms with Gasteiger partial charge in [-0.05, 0) is 32.3 Å². The molecule has 0 aromatic rings. The molecule has 2 aliphatic rings. The second-order valence-corrected chi connectivity index (χ2v) is 7.59. The summed E-state index contributed by atoms with van der Waals surface area (Å²) in [4.78, 5) is 49.6. The summed E-state index contributed by atoms with van der Waals surface area (Å²) in [6, 6.07) is 0. The molecule has 0 spiro atoms. The van der Waals surface area contributed by atoms with Crippen molar-refractivity contribution in [2.75, 3.05) is 7.11 Å². The van der Waals surface area contributed by atoms with E-state index in [-0.39, 0.29) is 29.6 Å². The number of carbonyl (C=O) groups is 4. The first-order chi connectivity index (χ1) is 15.0. The molecule has 0 saturated carbocycles. The summed E-state index contributed by atoms with van der Waals surface area (Å²) >= 11 is 0. The fraction of sp³-hybridized carbons (Fsp3) is 0.478. The molecular formula is C23H28O9. The lowest BCUT2D eigenvalue weighted by atomic mass is 9.80. The van der Waals surface area contributed by atoms with Crippen LogP contribution in [0.1, 0.15) is 33.6 Å². The molecule has 1 fully saturated rings. The van der Waals surface area contributed by atoms with E-state index in [9.17, 15) is 24.3 Å². The lowest BCUT2D eigenvalue weighted by molar-refractivity contribution is -0.170. The van der Waals surface area contributed by atoms with Gasteiger partial charge in [-0.2, -0.15) is 0 Å². The van der Waals surface area contributed by atoms with Gasteiger partial charge in [0.05, 0.1) is 18.6 Å². The molecule has 2 rings (SSSR count). The number of methoxy groups -OCH3 is 1. The third kappa shape index (κ3) is 5.16. The first kappa shape index (κ1) is 25.1. The fourth-order valence-electron chi connectivity index (χ4n) is 3.62. The van der Waals surface area contributed by atoms with Crippen LogP contribution < -0.4 is 0 Å². The molecule has 9 nitrogen and oxygen atoms in total. The first-order valence-electron chi connectivity index (χ1n) is 10.1.